The molecule has 0 saturated heterocycles. The van der Waals surface area contributed by atoms with E-state index in [1.54, 1.807) is 0 Å². The third-order valence-corrected chi connectivity index (χ3v) is 3.23. The van der Waals surface area contributed by atoms with Gasteiger partial charge in [-0.15, -0.1) is 0 Å². The zero-order valence-electron chi connectivity index (χ0n) is 9.81. The van der Waals surface area contributed by atoms with Crippen LogP contribution in [0.4, 0.5) is 10.2 Å². The van der Waals surface area contributed by atoms with Crippen LogP contribution in [-0.4, -0.2) is 16.1 Å². The fourth-order valence-corrected chi connectivity index (χ4v) is 2.33. The SMILES string of the molecule is [CH2+][C@H]1OCc2c1c(N)nc1cc(F)c(C(=O)O)cc21. The molecule has 19 heavy (non-hydrogen) atoms. The van der Waals surface area contributed by atoms with Crippen LogP contribution in [0, 0.1) is 12.7 Å². The second kappa shape index (κ2) is 3.83. The van der Waals surface area contributed by atoms with Crippen molar-refractivity contribution in [2.45, 2.75) is 12.7 Å². The van der Waals surface area contributed by atoms with E-state index < -0.39 is 23.5 Å². The van der Waals surface area contributed by atoms with E-state index in [4.69, 9.17) is 15.6 Å². The molecule has 1 aliphatic heterocycles. The van der Waals surface area contributed by atoms with Gasteiger partial charge < -0.3 is 15.6 Å². The number of nitrogen functional groups attached to an aromatic ring is 1. The van der Waals surface area contributed by atoms with Crippen LogP contribution < -0.4 is 5.73 Å². The first-order valence-electron chi connectivity index (χ1n) is 5.58. The first kappa shape index (κ1) is 11.7. The number of fused-ring (bicyclic) bond motifs is 3. The zero-order valence-corrected chi connectivity index (χ0v) is 9.81. The molecule has 2 aromatic rings. The van der Waals surface area contributed by atoms with Gasteiger partial charge in [0.25, 0.3) is 0 Å². The highest BCUT2D eigenvalue weighted by molar-refractivity contribution is 5.95. The first-order valence-corrected chi connectivity index (χ1v) is 5.58. The van der Waals surface area contributed by atoms with E-state index in [0.29, 0.717) is 16.5 Å². The lowest BCUT2D eigenvalue weighted by atomic mass is 10.00. The van der Waals surface area contributed by atoms with Crippen molar-refractivity contribution in [3.8, 4) is 0 Å². The molecule has 2 heterocycles. The van der Waals surface area contributed by atoms with Gasteiger partial charge >= 0.3 is 5.97 Å². The summed E-state index contributed by atoms with van der Waals surface area (Å²) in [5.41, 5.74) is 7.10. The summed E-state index contributed by atoms with van der Waals surface area (Å²) in [5, 5.41) is 9.49. The summed E-state index contributed by atoms with van der Waals surface area (Å²) >= 11 is 0. The molecule has 0 spiro atoms. The maximum absolute atomic E-state index is 13.6. The van der Waals surface area contributed by atoms with E-state index in [1.807, 2.05) is 0 Å². The van der Waals surface area contributed by atoms with Gasteiger partial charge in [-0.3, -0.25) is 0 Å². The maximum atomic E-state index is 13.6. The minimum absolute atomic E-state index is 0.238. The number of rotatable bonds is 1. The van der Waals surface area contributed by atoms with E-state index in [9.17, 15) is 9.18 Å². The van der Waals surface area contributed by atoms with Crippen LogP contribution >= 0.6 is 0 Å². The largest absolute Gasteiger partial charge is 0.478 e. The van der Waals surface area contributed by atoms with Gasteiger partial charge in [0.15, 0.2) is 0 Å². The molecule has 96 valence electrons. The van der Waals surface area contributed by atoms with Crippen LogP contribution in [0.1, 0.15) is 27.6 Å². The summed E-state index contributed by atoms with van der Waals surface area (Å²) < 4.78 is 19.0. The highest BCUT2D eigenvalue weighted by Crippen LogP contribution is 2.38. The molecule has 5 nitrogen and oxygen atoms in total. The van der Waals surface area contributed by atoms with E-state index in [0.717, 1.165) is 11.6 Å². The van der Waals surface area contributed by atoms with Crippen LogP contribution in [0.5, 0.6) is 0 Å². The summed E-state index contributed by atoms with van der Waals surface area (Å²) in [6.45, 7) is 4.05. The Kier molecular flexibility index (Phi) is 2.36. The number of hydrogen-bond acceptors (Lipinski definition) is 4. The highest BCUT2D eigenvalue weighted by Gasteiger charge is 2.30. The maximum Gasteiger partial charge on any atom is 0.338 e. The Labute approximate surface area is 107 Å². The topological polar surface area (TPSA) is 85.4 Å². The Hall–Kier alpha value is -2.34. The highest BCUT2D eigenvalue weighted by atomic mass is 19.1. The fourth-order valence-electron chi connectivity index (χ4n) is 2.33. The Morgan fingerprint density at radius 2 is 2.32 bits per heavy atom. The number of pyridine rings is 1. The first-order chi connectivity index (χ1) is 8.99. The van der Waals surface area contributed by atoms with Crippen molar-refractivity contribution < 1.29 is 19.0 Å². The van der Waals surface area contributed by atoms with Crippen molar-refractivity contribution in [1.29, 1.82) is 0 Å². The number of benzene rings is 1. The number of halogens is 1. The molecule has 1 aromatic heterocycles. The van der Waals surface area contributed by atoms with Crippen LogP contribution in [-0.2, 0) is 11.3 Å². The lowest BCUT2D eigenvalue weighted by Gasteiger charge is -2.08. The number of carboxylic acid groups (broad SMARTS) is 1. The van der Waals surface area contributed by atoms with Crippen molar-refractivity contribution in [1.82, 2.24) is 4.98 Å². The number of aromatic nitrogens is 1. The molecule has 0 aliphatic carbocycles. The average Bonchev–Trinajstić information content (AvgIpc) is 2.71. The quantitative estimate of drug-likeness (QED) is 0.767. The summed E-state index contributed by atoms with van der Waals surface area (Å²) in [5.74, 6) is -1.92. The van der Waals surface area contributed by atoms with Gasteiger partial charge in [-0.2, -0.15) is 0 Å². The molecule has 0 bridgehead atoms. The predicted octanol–water partition coefficient (Wildman–Crippen LogP) is 2.06. The van der Waals surface area contributed by atoms with Gasteiger partial charge in [0.05, 0.1) is 30.2 Å². The lowest BCUT2D eigenvalue weighted by molar-refractivity contribution is 0.0692. The third kappa shape index (κ3) is 1.61. The Bertz CT molecular complexity index is 715. The molecule has 0 unspecified atom stereocenters. The fraction of sp³-hybridized carbons (Fsp3) is 0.154. The Morgan fingerprint density at radius 1 is 1.58 bits per heavy atom. The normalized spacial score (nSPS) is 17.6. The van der Waals surface area contributed by atoms with Crippen molar-refractivity contribution in [3.05, 3.63) is 41.6 Å². The summed E-state index contributed by atoms with van der Waals surface area (Å²) in [4.78, 5) is 15.1. The molecular formula is C13H10FN2O3+. The van der Waals surface area contributed by atoms with Crippen molar-refractivity contribution in [2.75, 3.05) is 5.73 Å². The van der Waals surface area contributed by atoms with E-state index in [1.165, 1.54) is 6.07 Å². The molecule has 0 amide bonds. The molecule has 1 atom stereocenters. The molecule has 6 heteroatoms. The minimum atomic E-state index is -1.32. The standard InChI is InChI=1S/C13H9FN2O3/c1-5-11-8(4-19-5)6-2-7(13(17)18)9(14)3-10(6)16-12(11)15/h2-3,5H,1,4H2,(H2-,15,16,17,18)/p+1/t5-/m1/s1. The van der Waals surface area contributed by atoms with Crippen molar-refractivity contribution in [2.24, 2.45) is 0 Å². The molecule has 0 fully saturated rings. The number of anilines is 1. The van der Waals surface area contributed by atoms with Gasteiger partial charge in [-0.05, 0) is 6.07 Å². The number of carbonyl (C=O) groups is 1. The second-order valence-electron chi connectivity index (χ2n) is 4.34. The van der Waals surface area contributed by atoms with Crippen LogP contribution in [0.3, 0.4) is 0 Å². The number of hydrogen-bond donors (Lipinski definition) is 2. The molecule has 3 rings (SSSR count). The zero-order chi connectivity index (χ0) is 13.7. The molecule has 0 radical (unpaired) electrons. The summed E-state index contributed by atoms with van der Waals surface area (Å²) in [6, 6.07) is 2.34. The molecule has 0 saturated carbocycles. The number of nitrogens with zero attached hydrogens (tertiary/aromatic N) is 1. The smallest absolute Gasteiger partial charge is 0.338 e. The van der Waals surface area contributed by atoms with Crippen molar-refractivity contribution in [3.63, 3.8) is 0 Å². The third-order valence-electron chi connectivity index (χ3n) is 3.23. The summed E-state index contributed by atoms with van der Waals surface area (Å²) in [7, 11) is 0. The lowest BCUT2D eigenvalue weighted by Crippen LogP contribution is -2.04. The molecule has 1 aliphatic rings. The monoisotopic (exact) mass is 261 g/mol. The van der Waals surface area contributed by atoms with Crippen molar-refractivity contribution >= 4 is 22.7 Å². The van der Waals surface area contributed by atoms with Gasteiger partial charge in [0, 0.05) is 17.0 Å². The van der Waals surface area contributed by atoms with Gasteiger partial charge in [-0.25, -0.2) is 14.2 Å². The van der Waals surface area contributed by atoms with Gasteiger partial charge in [-0.1, -0.05) is 0 Å². The number of carboxylic acids is 1. The predicted molar refractivity (Wildman–Crippen MR) is 66.0 cm³/mol. The Morgan fingerprint density at radius 3 is 3.00 bits per heavy atom. The number of aromatic carboxylic acids is 1. The van der Waals surface area contributed by atoms with Crippen LogP contribution in [0.2, 0.25) is 0 Å². The second-order valence-corrected chi connectivity index (χ2v) is 4.34. The van der Waals surface area contributed by atoms with E-state index in [2.05, 4.69) is 11.9 Å². The van der Waals surface area contributed by atoms with Crippen LogP contribution in [0.15, 0.2) is 12.1 Å². The number of nitrogens with two attached hydrogens (primary N) is 1. The van der Waals surface area contributed by atoms with Gasteiger partial charge in [0.1, 0.15) is 11.6 Å². The molecular weight excluding hydrogens is 251 g/mol. The Balaban J connectivity index is 2.39. The van der Waals surface area contributed by atoms with Gasteiger partial charge in [0.2, 0.25) is 6.10 Å². The molecule has 1 aromatic carbocycles. The van der Waals surface area contributed by atoms with E-state index >= 15 is 0 Å². The van der Waals surface area contributed by atoms with E-state index in [-0.39, 0.29) is 12.4 Å². The van der Waals surface area contributed by atoms with Crippen LogP contribution in [0.25, 0.3) is 10.9 Å². The summed E-state index contributed by atoms with van der Waals surface area (Å²) in [6.07, 6.45) is -0.440. The molecule has 3 N–H and O–H groups in total. The minimum Gasteiger partial charge on any atom is -0.478 e. The average molecular weight is 261 g/mol. The number of ether oxygens (including phenoxy) is 1.